The van der Waals surface area contributed by atoms with Gasteiger partial charge in [0.25, 0.3) is 0 Å². The molecule has 0 unspecified atom stereocenters. The zero-order chi connectivity index (χ0) is 13.3. The van der Waals surface area contributed by atoms with Crippen LogP contribution in [-0.4, -0.2) is 29.4 Å². The number of nitrogens with two attached hydrogens (primary N) is 1. The lowest BCUT2D eigenvalue weighted by Crippen LogP contribution is -2.43. The molecule has 1 saturated heterocycles. The van der Waals surface area contributed by atoms with Crippen LogP contribution >= 0.6 is 27.7 Å². The van der Waals surface area contributed by atoms with E-state index in [2.05, 4.69) is 40.7 Å². The van der Waals surface area contributed by atoms with Crippen LogP contribution in [-0.2, 0) is 0 Å². The Morgan fingerprint density at radius 2 is 2.22 bits per heavy atom. The van der Waals surface area contributed by atoms with E-state index in [1.165, 1.54) is 0 Å². The molecule has 0 spiro atoms. The quantitative estimate of drug-likeness (QED) is 0.648. The van der Waals surface area contributed by atoms with Crippen LogP contribution in [0.2, 0.25) is 0 Å². The molecule has 0 amide bonds. The predicted octanol–water partition coefficient (Wildman–Crippen LogP) is 3.06. The van der Waals surface area contributed by atoms with Crippen molar-refractivity contribution in [1.82, 2.24) is 0 Å². The van der Waals surface area contributed by atoms with Crippen molar-refractivity contribution in [3.63, 3.8) is 0 Å². The van der Waals surface area contributed by atoms with Gasteiger partial charge in [0, 0.05) is 39.3 Å². The first-order valence-corrected chi connectivity index (χ1v) is 7.70. The smallest absolute Gasteiger partial charge is 0.124 e. The molecule has 5 heteroatoms. The summed E-state index contributed by atoms with van der Waals surface area (Å²) in [5.74, 6) is 1.24. The van der Waals surface area contributed by atoms with E-state index in [-0.39, 0.29) is 10.6 Å². The highest BCUT2D eigenvalue weighted by Crippen LogP contribution is 2.34. The van der Waals surface area contributed by atoms with Crippen LogP contribution in [0.3, 0.4) is 0 Å². The number of nitrogen functional groups attached to an aromatic ring is 1. The van der Waals surface area contributed by atoms with Crippen molar-refractivity contribution in [1.29, 1.82) is 5.41 Å². The van der Waals surface area contributed by atoms with Gasteiger partial charge in [0.1, 0.15) is 5.84 Å². The van der Waals surface area contributed by atoms with Gasteiger partial charge in [0.15, 0.2) is 0 Å². The minimum atomic E-state index is 0.133. The van der Waals surface area contributed by atoms with Gasteiger partial charge in [0.2, 0.25) is 0 Å². The van der Waals surface area contributed by atoms with Gasteiger partial charge in [0.05, 0.1) is 0 Å². The Balaban J connectivity index is 2.37. The second-order valence-electron chi connectivity index (χ2n) is 5.10. The van der Waals surface area contributed by atoms with Crippen molar-refractivity contribution in [2.75, 3.05) is 23.7 Å². The van der Waals surface area contributed by atoms with Crippen molar-refractivity contribution in [3.05, 3.63) is 28.2 Å². The summed E-state index contributed by atoms with van der Waals surface area (Å²) in [4.78, 5) is 2.33. The second-order valence-corrected chi connectivity index (χ2v) is 7.82. The van der Waals surface area contributed by atoms with E-state index in [0.29, 0.717) is 0 Å². The lowest BCUT2D eigenvalue weighted by Gasteiger charge is -2.39. The van der Waals surface area contributed by atoms with Crippen LogP contribution < -0.4 is 10.6 Å². The van der Waals surface area contributed by atoms with Crippen LogP contribution in [0.1, 0.15) is 19.4 Å². The molecule has 3 nitrogen and oxygen atoms in total. The number of nitrogens with zero attached hydrogens (tertiary/aromatic N) is 1. The molecule has 1 aliphatic rings. The number of anilines is 1. The number of halogens is 1. The Morgan fingerprint density at radius 1 is 1.50 bits per heavy atom. The molecule has 18 heavy (non-hydrogen) atoms. The van der Waals surface area contributed by atoms with E-state index < -0.39 is 0 Å². The monoisotopic (exact) mass is 327 g/mol. The van der Waals surface area contributed by atoms with Crippen LogP contribution in [0.15, 0.2) is 22.7 Å². The van der Waals surface area contributed by atoms with E-state index in [4.69, 9.17) is 11.1 Å². The number of amidine groups is 1. The van der Waals surface area contributed by atoms with Crippen LogP contribution in [0.4, 0.5) is 5.69 Å². The highest BCUT2D eigenvalue weighted by Gasteiger charge is 2.28. The minimum absolute atomic E-state index is 0.133. The Kier molecular flexibility index (Phi) is 3.92. The molecule has 1 aromatic rings. The molecule has 1 fully saturated rings. The molecular formula is C13H18BrN3S. The van der Waals surface area contributed by atoms with Gasteiger partial charge in [-0.1, -0.05) is 15.9 Å². The van der Waals surface area contributed by atoms with Crippen molar-refractivity contribution in [3.8, 4) is 0 Å². The largest absolute Gasteiger partial charge is 0.384 e. The van der Waals surface area contributed by atoms with Crippen LogP contribution in [0.25, 0.3) is 0 Å². The third kappa shape index (κ3) is 3.01. The Hall–Kier alpha value is -0.680. The summed E-state index contributed by atoms with van der Waals surface area (Å²) in [5, 5.41) is 7.69. The first kappa shape index (κ1) is 13.7. The zero-order valence-electron chi connectivity index (χ0n) is 10.7. The molecule has 0 radical (unpaired) electrons. The van der Waals surface area contributed by atoms with Gasteiger partial charge in [-0.3, -0.25) is 5.41 Å². The van der Waals surface area contributed by atoms with Crippen molar-refractivity contribution >= 4 is 39.2 Å². The maximum atomic E-state index is 7.69. The van der Waals surface area contributed by atoms with E-state index in [1.54, 1.807) is 0 Å². The standard InChI is InChI=1S/C13H18BrN3S/c1-13(2)8-17(5-6-18-13)11-7-9(14)3-4-10(11)12(15)16/h3-4,7H,5-6,8H2,1-2H3,(H3,15,16). The predicted molar refractivity (Wildman–Crippen MR) is 83.9 cm³/mol. The van der Waals surface area contributed by atoms with Gasteiger partial charge >= 0.3 is 0 Å². The zero-order valence-corrected chi connectivity index (χ0v) is 13.1. The topological polar surface area (TPSA) is 53.1 Å². The van der Waals surface area contributed by atoms with Gasteiger partial charge in [-0.05, 0) is 32.0 Å². The molecular weight excluding hydrogens is 310 g/mol. The number of benzene rings is 1. The number of rotatable bonds is 2. The number of nitrogens with one attached hydrogen (secondary N) is 1. The molecule has 1 aliphatic heterocycles. The van der Waals surface area contributed by atoms with E-state index >= 15 is 0 Å². The summed E-state index contributed by atoms with van der Waals surface area (Å²) in [6.45, 7) is 6.50. The third-order valence-corrected chi connectivity index (χ3v) is 4.81. The van der Waals surface area contributed by atoms with Crippen LogP contribution in [0.5, 0.6) is 0 Å². The van der Waals surface area contributed by atoms with E-state index in [1.807, 2.05) is 23.9 Å². The lowest BCUT2D eigenvalue weighted by molar-refractivity contribution is 0.647. The van der Waals surface area contributed by atoms with Gasteiger partial charge in [-0.15, -0.1) is 0 Å². The Labute approximate surface area is 121 Å². The molecule has 1 aromatic carbocycles. The average Bonchev–Trinajstić information content (AvgIpc) is 2.27. The van der Waals surface area contributed by atoms with Gasteiger partial charge in [-0.25, -0.2) is 0 Å². The molecule has 0 atom stereocenters. The molecule has 2 rings (SSSR count). The summed E-state index contributed by atoms with van der Waals surface area (Å²) >= 11 is 5.50. The summed E-state index contributed by atoms with van der Waals surface area (Å²) in [7, 11) is 0. The SMILES string of the molecule is CC1(C)CN(c2cc(Br)ccc2C(=N)N)CCS1. The van der Waals surface area contributed by atoms with Crippen molar-refractivity contribution in [2.45, 2.75) is 18.6 Å². The summed E-state index contributed by atoms with van der Waals surface area (Å²) in [6, 6.07) is 5.91. The Morgan fingerprint density at radius 3 is 2.83 bits per heavy atom. The third-order valence-electron chi connectivity index (χ3n) is 3.02. The highest BCUT2D eigenvalue weighted by molar-refractivity contribution is 9.10. The first-order valence-electron chi connectivity index (χ1n) is 5.92. The molecule has 0 saturated carbocycles. The fraction of sp³-hybridized carbons (Fsp3) is 0.462. The lowest BCUT2D eigenvalue weighted by atomic mass is 10.1. The van der Waals surface area contributed by atoms with E-state index in [9.17, 15) is 0 Å². The molecule has 98 valence electrons. The number of hydrogen-bond acceptors (Lipinski definition) is 3. The average molecular weight is 328 g/mol. The minimum Gasteiger partial charge on any atom is -0.384 e. The summed E-state index contributed by atoms with van der Waals surface area (Å²) in [5.41, 5.74) is 7.56. The van der Waals surface area contributed by atoms with Crippen LogP contribution in [0, 0.1) is 5.41 Å². The molecule has 0 bridgehead atoms. The molecule has 1 heterocycles. The summed E-state index contributed by atoms with van der Waals surface area (Å²) in [6.07, 6.45) is 0. The van der Waals surface area contributed by atoms with Crippen molar-refractivity contribution < 1.29 is 0 Å². The van der Waals surface area contributed by atoms with Crippen molar-refractivity contribution in [2.24, 2.45) is 5.73 Å². The normalized spacial score (nSPS) is 18.7. The van der Waals surface area contributed by atoms with E-state index in [0.717, 1.165) is 34.6 Å². The number of thioether (sulfide) groups is 1. The highest BCUT2D eigenvalue weighted by atomic mass is 79.9. The van der Waals surface area contributed by atoms with Gasteiger partial charge < -0.3 is 10.6 Å². The summed E-state index contributed by atoms with van der Waals surface area (Å²) < 4.78 is 1.27. The maximum absolute atomic E-state index is 7.69. The fourth-order valence-electron chi connectivity index (χ4n) is 2.22. The maximum Gasteiger partial charge on any atom is 0.124 e. The molecule has 0 aliphatic carbocycles. The Bertz CT molecular complexity index is 473. The van der Waals surface area contributed by atoms with Gasteiger partial charge in [-0.2, -0.15) is 11.8 Å². The molecule has 3 N–H and O–H groups in total. The fourth-order valence-corrected chi connectivity index (χ4v) is 3.68. The molecule has 0 aromatic heterocycles. The first-order chi connectivity index (χ1) is 8.39. The second kappa shape index (κ2) is 5.13. The number of hydrogen-bond donors (Lipinski definition) is 2.